The number of pyridine rings is 1. The van der Waals surface area contributed by atoms with Gasteiger partial charge in [-0.1, -0.05) is 13.3 Å². The van der Waals surface area contributed by atoms with E-state index in [-0.39, 0.29) is 12.5 Å². The van der Waals surface area contributed by atoms with E-state index in [1.165, 1.54) is 0 Å². The molecule has 0 aliphatic carbocycles. The Hall–Kier alpha value is -2.40. The SMILES string of the molecule is CCCC(CCO)CNC(=O)c1ccc(Nc2ccncc2)cc1. The molecule has 1 aromatic carbocycles. The van der Waals surface area contributed by atoms with Gasteiger partial charge in [-0.15, -0.1) is 0 Å². The molecule has 1 atom stereocenters. The molecule has 0 fully saturated rings. The molecular weight excluding hydrogens is 302 g/mol. The number of hydrogen-bond donors (Lipinski definition) is 3. The molecule has 1 aromatic heterocycles. The van der Waals surface area contributed by atoms with Crippen molar-refractivity contribution in [3.05, 3.63) is 54.4 Å². The first-order valence-electron chi connectivity index (χ1n) is 8.39. The smallest absolute Gasteiger partial charge is 0.251 e. The fourth-order valence-corrected chi connectivity index (χ4v) is 2.59. The van der Waals surface area contributed by atoms with Crippen LogP contribution in [0.4, 0.5) is 11.4 Å². The van der Waals surface area contributed by atoms with Crippen LogP contribution in [-0.4, -0.2) is 29.1 Å². The van der Waals surface area contributed by atoms with Crippen molar-refractivity contribution in [3.8, 4) is 0 Å². The van der Waals surface area contributed by atoms with Gasteiger partial charge in [0.15, 0.2) is 0 Å². The summed E-state index contributed by atoms with van der Waals surface area (Å²) in [6.45, 7) is 2.88. The van der Waals surface area contributed by atoms with Crippen LogP contribution in [0.5, 0.6) is 0 Å². The summed E-state index contributed by atoms with van der Waals surface area (Å²) in [5.74, 6) is 0.251. The van der Waals surface area contributed by atoms with Crippen LogP contribution in [0.3, 0.4) is 0 Å². The van der Waals surface area contributed by atoms with Gasteiger partial charge in [0, 0.05) is 42.5 Å². The van der Waals surface area contributed by atoms with Gasteiger partial charge in [0.1, 0.15) is 0 Å². The summed E-state index contributed by atoms with van der Waals surface area (Å²) in [6.07, 6.45) is 6.24. The second-order valence-electron chi connectivity index (χ2n) is 5.82. The number of anilines is 2. The van der Waals surface area contributed by atoms with Crippen molar-refractivity contribution in [1.82, 2.24) is 10.3 Å². The highest BCUT2D eigenvalue weighted by Gasteiger charge is 2.10. The Morgan fingerprint density at radius 3 is 2.38 bits per heavy atom. The largest absolute Gasteiger partial charge is 0.396 e. The molecule has 1 heterocycles. The molecule has 24 heavy (non-hydrogen) atoms. The van der Waals surface area contributed by atoms with Crippen LogP contribution in [0.2, 0.25) is 0 Å². The molecule has 0 spiro atoms. The Balaban J connectivity index is 1.88. The minimum Gasteiger partial charge on any atom is -0.396 e. The first-order chi connectivity index (χ1) is 11.7. The number of amides is 1. The van der Waals surface area contributed by atoms with Crippen molar-refractivity contribution < 1.29 is 9.90 Å². The van der Waals surface area contributed by atoms with Gasteiger partial charge in [-0.05, 0) is 55.2 Å². The normalized spacial score (nSPS) is 11.8. The molecule has 2 rings (SSSR count). The van der Waals surface area contributed by atoms with Crippen molar-refractivity contribution in [2.45, 2.75) is 26.2 Å². The standard InChI is InChI=1S/C19H25N3O2/c1-2-3-15(10-13-23)14-21-19(24)16-4-6-17(7-5-16)22-18-8-11-20-12-9-18/h4-9,11-12,15,23H,2-3,10,13-14H2,1H3,(H,20,22)(H,21,24). The zero-order valence-corrected chi connectivity index (χ0v) is 14.0. The Labute approximate surface area is 143 Å². The van der Waals surface area contributed by atoms with E-state index in [2.05, 4.69) is 22.5 Å². The van der Waals surface area contributed by atoms with Crippen LogP contribution in [-0.2, 0) is 0 Å². The summed E-state index contributed by atoms with van der Waals surface area (Å²) >= 11 is 0. The third-order valence-electron chi connectivity index (χ3n) is 3.90. The maximum absolute atomic E-state index is 12.2. The number of benzene rings is 1. The van der Waals surface area contributed by atoms with Crippen molar-refractivity contribution in [3.63, 3.8) is 0 Å². The Kier molecular flexibility index (Phi) is 7.23. The lowest BCUT2D eigenvalue weighted by Gasteiger charge is -2.15. The van der Waals surface area contributed by atoms with Gasteiger partial charge in [-0.3, -0.25) is 9.78 Å². The number of aliphatic hydroxyl groups is 1. The topological polar surface area (TPSA) is 74.2 Å². The fraction of sp³-hybridized carbons (Fsp3) is 0.368. The van der Waals surface area contributed by atoms with Gasteiger partial charge in [0.25, 0.3) is 5.91 Å². The van der Waals surface area contributed by atoms with E-state index in [9.17, 15) is 4.79 Å². The summed E-state index contributed by atoms with van der Waals surface area (Å²) < 4.78 is 0. The first-order valence-corrected chi connectivity index (χ1v) is 8.39. The number of nitrogens with zero attached hydrogens (tertiary/aromatic N) is 1. The molecule has 5 nitrogen and oxygen atoms in total. The van der Waals surface area contributed by atoms with Gasteiger partial charge < -0.3 is 15.7 Å². The zero-order chi connectivity index (χ0) is 17.2. The summed E-state index contributed by atoms with van der Waals surface area (Å²) in [5.41, 5.74) is 2.50. The molecule has 5 heteroatoms. The highest BCUT2D eigenvalue weighted by molar-refractivity contribution is 5.94. The van der Waals surface area contributed by atoms with Crippen LogP contribution >= 0.6 is 0 Å². The van der Waals surface area contributed by atoms with Crippen LogP contribution < -0.4 is 10.6 Å². The Morgan fingerprint density at radius 2 is 1.75 bits per heavy atom. The van der Waals surface area contributed by atoms with Crippen LogP contribution in [0, 0.1) is 5.92 Å². The Bertz CT molecular complexity index is 608. The molecule has 0 bridgehead atoms. The molecule has 0 saturated carbocycles. The lowest BCUT2D eigenvalue weighted by atomic mass is 10.00. The number of carbonyl (C=O) groups is 1. The molecule has 1 unspecified atom stereocenters. The molecule has 2 aromatic rings. The zero-order valence-electron chi connectivity index (χ0n) is 14.0. The van der Waals surface area contributed by atoms with Gasteiger partial charge in [0.2, 0.25) is 0 Å². The predicted molar refractivity (Wildman–Crippen MR) is 96.4 cm³/mol. The van der Waals surface area contributed by atoms with Gasteiger partial charge in [-0.25, -0.2) is 0 Å². The number of aliphatic hydroxyl groups excluding tert-OH is 1. The number of hydrogen-bond acceptors (Lipinski definition) is 4. The maximum atomic E-state index is 12.2. The van der Waals surface area contributed by atoms with E-state index < -0.39 is 0 Å². The third kappa shape index (κ3) is 5.66. The number of aromatic nitrogens is 1. The quantitative estimate of drug-likeness (QED) is 0.660. The summed E-state index contributed by atoms with van der Waals surface area (Å²) in [6, 6.07) is 11.1. The number of carbonyl (C=O) groups excluding carboxylic acids is 1. The van der Waals surface area contributed by atoms with Gasteiger partial charge >= 0.3 is 0 Å². The van der Waals surface area contributed by atoms with Crippen molar-refractivity contribution >= 4 is 17.3 Å². The van der Waals surface area contributed by atoms with Crippen LogP contribution in [0.1, 0.15) is 36.5 Å². The van der Waals surface area contributed by atoms with E-state index in [4.69, 9.17) is 5.11 Å². The van der Waals surface area contributed by atoms with Gasteiger partial charge in [-0.2, -0.15) is 0 Å². The second kappa shape index (κ2) is 9.67. The molecule has 0 aliphatic heterocycles. The van der Waals surface area contributed by atoms with E-state index in [1.807, 2.05) is 24.3 Å². The van der Waals surface area contributed by atoms with Crippen LogP contribution in [0.25, 0.3) is 0 Å². The maximum Gasteiger partial charge on any atom is 0.251 e. The van der Waals surface area contributed by atoms with Crippen molar-refractivity contribution in [2.24, 2.45) is 5.92 Å². The first kappa shape index (κ1) is 17.9. The van der Waals surface area contributed by atoms with E-state index >= 15 is 0 Å². The minimum absolute atomic E-state index is 0.0792. The number of rotatable bonds is 9. The predicted octanol–water partition coefficient (Wildman–Crippen LogP) is 3.35. The molecular formula is C19H25N3O2. The highest BCUT2D eigenvalue weighted by Crippen LogP contribution is 2.16. The van der Waals surface area contributed by atoms with E-state index in [0.29, 0.717) is 18.0 Å². The van der Waals surface area contributed by atoms with Gasteiger partial charge in [0.05, 0.1) is 0 Å². The highest BCUT2D eigenvalue weighted by atomic mass is 16.3. The summed E-state index contributed by atoms with van der Waals surface area (Å²) in [7, 11) is 0. The molecule has 128 valence electrons. The second-order valence-corrected chi connectivity index (χ2v) is 5.82. The van der Waals surface area contributed by atoms with Crippen molar-refractivity contribution in [2.75, 3.05) is 18.5 Å². The minimum atomic E-state index is -0.0792. The van der Waals surface area contributed by atoms with Crippen LogP contribution in [0.15, 0.2) is 48.8 Å². The van der Waals surface area contributed by atoms with Crippen molar-refractivity contribution in [1.29, 1.82) is 0 Å². The average molecular weight is 327 g/mol. The monoisotopic (exact) mass is 327 g/mol. The molecule has 0 aliphatic rings. The lowest BCUT2D eigenvalue weighted by Crippen LogP contribution is -2.29. The summed E-state index contributed by atoms with van der Waals surface area (Å²) in [5, 5.41) is 15.3. The molecule has 0 saturated heterocycles. The van der Waals surface area contributed by atoms with E-state index in [1.54, 1.807) is 24.5 Å². The molecule has 0 radical (unpaired) electrons. The number of nitrogens with one attached hydrogen (secondary N) is 2. The Morgan fingerprint density at radius 1 is 1.08 bits per heavy atom. The fourth-order valence-electron chi connectivity index (χ4n) is 2.59. The summed E-state index contributed by atoms with van der Waals surface area (Å²) in [4.78, 5) is 16.2. The third-order valence-corrected chi connectivity index (χ3v) is 3.90. The van der Waals surface area contributed by atoms with E-state index in [0.717, 1.165) is 30.6 Å². The molecule has 3 N–H and O–H groups in total. The average Bonchev–Trinajstić information content (AvgIpc) is 2.61. The molecule has 1 amide bonds. The lowest BCUT2D eigenvalue weighted by molar-refractivity contribution is 0.0943.